The highest BCUT2D eigenvalue weighted by Gasteiger charge is 2.27. The Balaban J connectivity index is 3.04. The Bertz CT molecular complexity index is 243. The lowest BCUT2D eigenvalue weighted by atomic mass is 10.4. The third-order valence-electron chi connectivity index (χ3n) is 1.05. The first-order valence-corrected chi connectivity index (χ1v) is 4.03. The number of hydrogen-bond acceptors (Lipinski definition) is 3. The molecule has 0 fully saturated rings. The van der Waals surface area contributed by atoms with Crippen molar-refractivity contribution in [1.82, 2.24) is 0 Å². The van der Waals surface area contributed by atoms with Gasteiger partial charge in [-0.15, -0.1) is 0 Å². The fraction of sp³-hybridized carbons (Fsp3) is 0.500. The Morgan fingerprint density at radius 2 is 2.33 bits per heavy atom. The van der Waals surface area contributed by atoms with Gasteiger partial charge in [0.1, 0.15) is 0 Å². The molecule has 2 N–H and O–H groups in total. The zero-order chi connectivity index (χ0) is 7.07. The first kappa shape index (κ1) is 6.70. The van der Waals surface area contributed by atoms with Crippen molar-refractivity contribution < 1.29 is 12.8 Å². The molecule has 9 heavy (non-hydrogen) atoms. The van der Waals surface area contributed by atoms with Crippen LogP contribution in [0.4, 0.5) is 4.39 Å². The summed E-state index contributed by atoms with van der Waals surface area (Å²) in [4.78, 5) is 0. The quantitative estimate of drug-likeness (QED) is 0.510. The highest BCUT2D eigenvalue weighted by molar-refractivity contribution is 7.95. The second-order valence-electron chi connectivity index (χ2n) is 1.92. The van der Waals surface area contributed by atoms with Gasteiger partial charge in [0.2, 0.25) is 15.0 Å². The van der Waals surface area contributed by atoms with Crippen molar-refractivity contribution in [3.8, 4) is 0 Å². The van der Waals surface area contributed by atoms with Crippen molar-refractivity contribution in [3.05, 3.63) is 11.2 Å². The van der Waals surface area contributed by atoms with Gasteiger partial charge >= 0.3 is 0 Å². The molecule has 0 aromatic carbocycles. The van der Waals surface area contributed by atoms with Gasteiger partial charge in [-0.1, -0.05) is 0 Å². The molecule has 5 heteroatoms. The van der Waals surface area contributed by atoms with Crippen molar-refractivity contribution >= 4 is 9.84 Å². The van der Waals surface area contributed by atoms with Crippen LogP contribution in [0.1, 0.15) is 0 Å². The zero-order valence-corrected chi connectivity index (χ0v) is 5.36. The molecule has 1 aliphatic rings. The molecule has 3 nitrogen and oxygen atoms in total. The molecular formula is C4H6FNO2S. The molecule has 0 amide bonds. The second kappa shape index (κ2) is 1.78. The molecule has 1 heterocycles. The first-order chi connectivity index (χ1) is 4.02. The monoisotopic (exact) mass is 151 g/mol. The van der Waals surface area contributed by atoms with Gasteiger partial charge in [-0.05, 0) is 6.08 Å². The summed E-state index contributed by atoms with van der Waals surface area (Å²) in [5.41, 5.74) is 5.11. The summed E-state index contributed by atoms with van der Waals surface area (Å²) in [7, 11) is -3.60. The van der Waals surface area contributed by atoms with Gasteiger partial charge in [0.15, 0.2) is 0 Å². The minimum atomic E-state index is -3.60. The number of nitrogens with two attached hydrogens (primary N) is 1. The molecule has 0 radical (unpaired) electrons. The smallest absolute Gasteiger partial charge is 0.212 e. The molecule has 1 atom stereocenters. The van der Waals surface area contributed by atoms with Crippen molar-refractivity contribution in [2.75, 3.05) is 5.75 Å². The van der Waals surface area contributed by atoms with E-state index in [1.807, 2.05) is 0 Å². The van der Waals surface area contributed by atoms with Crippen LogP contribution in [0.15, 0.2) is 11.2 Å². The highest BCUT2D eigenvalue weighted by Crippen LogP contribution is 2.17. The van der Waals surface area contributed by atoms with Crippen molar-refractivity contribution in [3.63, 3.8) is 0 Å². The Morgan fingerprint density at radius 1 is 1.78 bits per heavy atom. The molecule has 0 bridgehead atoms. The molecule has 0 unspecified atom stereocenters. The van der Waals surface area contributed by atoms with E-state index in [1.165, 1.54) is 0 Å². The predicted molar refractivity (Wildman–Crippen MR) is 31.0 cm³/mol. The lowest BCUT2D eigenvalue weighted by molar-refractivity contribution is 0.582. The van der Waals surface area contributed by atoms with Gasteiger partial charge in [0, 0.05) is 6.04 Å². The van der Waals surface area contributed by atoms with Crippen molar-refractivity contribution in [2.24, 2.45) is 5.73 Å². The second-order valence-corrected chi connectivity index (χ2v) is 3.87. The average molecular weight is 151 g/mol. The molecule has 0 aliphatic carbocycles. The molecule has 0 aromatic rings. The summed E-state index contributed by atoms with van der Waals surface area (Å²) in [5.74, 6) is -0.293. The summed E-state index contributed by atoms with van der Waals surface area (Å²) in [5, 5.41) is -1.09. The molecule has 0 spiro atoms. The molecule has 52 valence electrons. The van der Waals surface area contributed by atoms with Crippen LogP contribution in [-0.4, -0.2) is 20.2 Å². The van der Waals surface area contributed by atoms with Gasteiger partial charge in [0.05, 0.1) is 5.75 Å². The largest absolute Gasteiger partial charge is 0.323 e. The summed E-state index contributed by atoms with van der Waals surface area (Å²) in [6, 6.07) is -0.657. The van der Waals surface area contributed by atoms with E-state index in [9.17, 15) is 12.8 Å². The average Bonchev–Trinajstić information content (AvgIpc) is 1.79. The minimum absolute atomic E-state index is 0.293. The summed E-state index contributed by atoms with van der Waals surface area (Å²) in [6.45, 7) is 0. The van der Waals surface area contributed by atoms with E-state index in [4.69, 9.17) is 5.73 Å². The summed E-state index contributed by atoms with van der Waals surface area (Å²) >= 11 is 0. The van der Waals surface area contributed by atoms with E-state index in [1.54, 1.807) is 0 Å². The Labute approximate surface area is 52.3 Å². The Hall–Kier alpha value is -0.420. The molecule has 0 saturated heterocycles. The molecular weight excluding hydrogens is 145 g/mol. The maximum atomic E-state index is 12.1. The van der Waals surface area contributed by atoms with Crippen LogP contribution in [0.5, 0.6) is 0 Å². The SMILES string of the molecule is N[C@@H]1C=C(F)S(=O)(=O)C1. The number of halogens is 1. The lowest BCUT2D eigenvalue weighted by Crippen LogP contribution is -2.20. The zero-order valence-electron chi connectivity index (χ0n) is 4.54. The van der Waals surface area contributed by atoms with Crippen molar-refractivity contribution in [2.45, 2.75) is 6.04 Å². The Kier molecular flexibility index (Phi) is 1.32. The number of hydrogen-bond donors (Lipinski definition) is 1. The minimum Gasteiger partial charge on any atom is -0.323 e. The third kappa shape index (κ3) is 1.11. The van der Waals surface area contributed by atoms with Gasteiger partial charge < -0.3 is 5.73 Å². The Morgan fingerprint density at radius 3 is 2.44 bits per heavy atom. The predicted octanol–water partition coefficient (Wildman–Crippen LogP) is -0.447. The fourth-order valence-electron chi connectivity index (χ4n) is 0.653. The molecule has 1 rings (SSSR count). The summed E-state index contributed by atoms with van der Waals surface area (Å²) < 4.78 is 33.0. The van der Waals surface area contributed by atoms with Crippen LogP contribution >= 0.6 is 0 Å². The van der Waals surface area contributed by atoms with E-state index >= 15 is 0 Å². The first-order valence-electron chi connectivity index (χ1n) is 2.38. The van der Waals surface area contributed by atoms with Crippen LogP contribution in [0.2, 0.25) is 0 Å². The van der Waals surface area contributed by atoms with Gasteiger partial charge in [-0.25, -0.2) is 8.42 Å². The van der Waals surface area contributed by atoms with E-state index in [0.29, 0.717) is 0 Å². The highest BCUT2D eigenvalue weighted by atomic mass is 32.2. The van der Waals surface area contributed by atoms with Crippen LogP contribution in [0.25, 0.3) is 0 Å². The standard InChI is InChI=1S/C4H6FNO2S/c5-4-1-3(6)2-9(4,7)8/h1,3H,2,6H2/t3-/m1/s1. The third-order valence-corrected chi connectivity index (χ3v) is 2.61. The van der Waals surface area contributed by atoms with Gasteiger partial charge in [-0.3, -0.25) is 0 Å². The normalized spacial score (nSPS) is 32.2. The van der Waals surface area contributed by atoms with Crippen LogP contribution in [0.3, 0.4) is 0 Å². The van der Waals surface area contributed by atoms with Gasteiger partial charge in [-0.2, -0.15) is 4.39 Å². The number of sulfone groups is 1. The van der Waals surface area contributed by atoms with E-state index < -0.39 is 21.0 Å². The lowest BCUT2D eigenvalue weighted by Gasteiger charge is -1.91. The fourth-order valence-corrected chi connectivity index (χ4v) is 1.80. The van der Waals surface area contributed by atoms with Crippen LogP contribution in [0, 0.1) is 0 Å². The van der Waals surface area contributed by atoms with Crippen LogP contribution < -0.4 is 5.73 Å². The van der Waals surface area contributed by atoms with E-state index in [-0.39, 0.29) is 5.75 Å². The number of rotatable bonds is 0. The van der Waals surface area contributed by atoms with E-state index in [0.717, 1.165) is 6.08 Å². The molecule has 1 aliphatic heterocycles. The maximum Gasteiger partial charge on any atom is 0.212 e. The van der Waals surface area contributed by atoms with Crippen molar-refractivity contribution in [1.29, 1.82) is 0 Å². The van der Waals surface area contributed by atoms with Gasteiger partial charge in [0.25, 0.3) is 0 Å². The summed E-state index contributed by atoms with van der Waals surface area (Å²) in [6.07, 6.45) is 0.912. The topological polar surface area (TPSA) is 60.2 Å². The maximum absolute atomic E-state index is 12.1. The van der Waals surface area contributed by atoms with E-state index in [2.05, 4.69) is 0 Å². The van der Waals surface area contributed by atoms with Crippen LogP contribution in [-0.2, 0) is 9.84 Å². The molecule has 0 aromatic heterocycles. The molecule has 0 saturated carbocycles.